The number of sulfonamides is 1. The van der Waals surface area contributed by atoms with E-state index in [1.807, 2.05) is 12.3 Å². The lowest BCUT2D eigenvalue weighted by Crippen LogP contribution is -2.15. The summed E-state index contributed by atoms with van der Waals surface area (Å²) in [4.78, 5) is 24.1. The molecule has 36 heavy (non-hydrogen) atoms. The van der Waals surface area contributed by atoms with Crippen molar-refractivity contribution in [3.8, 4) is 16.3 Å². The molecule has 6 rings (SSSR count). The molecule has 8 bridgehead atoms. The van der Waals surface area contributed by atoms with E-state index in [1.165, 1.54) is 19.2 Å². The quantitative estimate of drug-likeness (QED) is 0.372. The van der Waals surface area contributed by atoms with Crippen molar-refractivity contribution in [3.05, 3.63) is 88.2 Å². The second-order valence-corrected chi connectivity index (χ2v) is 11.5. The molecule has 0 radical (unpaired) electrons. The Balaban J connectivity index is 1.53. The lowest BCUT2D eigenvalue weighted by Gasteiger charge is -2.13. The van der Waals surface area contributed by atoms with Gasteiger partial charge in [-0.05, 0) is 60.0 Å². The Kier molecular flexibility index (Phi) is 5.46. The van der Waals surface area contributed by atoms with Crippen LogP contribution in [0.3, 0.4) is 0 Å². The second-order valence-electron chi connectivity index (χ2n) is 8.67. The van der Waals surface area contributed by atoms with Crippen LogP contribution in [0.25, 0.3) is 22.1 Å². The van der Waals surface area contributed by atoms with Gasteiger partial charge in [-0.25, -0.2) is 13.4 Å². The first-order valence-corrected chi connectivity index (χ1v) is 13.7. The molecule has 180 valence electrons. The molecule has 0 spiro atoms. The van der Waals surface area contributed by atoms with E-state index >= 15 is 0 Å². The highest BCUT2D eigenvalue weighted by molar-refractivity contribution is 7.92. The molecule has 2 aliphatic rings. The van der Waals surface area contributed by atoms with E-state index in [4.69, 9.17) is 4.74 Å². The maximum absolute atomic E-state index is 13.3. The van der Waals surface area contributed by atoms with Gasteiger partial charge >= 0.3 is 0 Å². The topological polar surface area (TPSA) is 98.2 Å². The van der Waals surface area contributed by atoms with Crippen molar-refractivity contribution in [2.75, 3.05) is 11.8 Å². The van der Waals surface area contributed by atoms with Crippen LogP contribution in [-0.2, 0) is 22.9 Å². The zero-order chi connectivity index (χ0) is 24.9. The van der Waals surface area contributed by atoms with Crippen LogP contribution in [0.15, 0.2) is 65.8 Å². The van der Waals surface area contributed by atoms with Crippen LogP contribution >= 0.6 is 11.3 Å². The SMILES string of the molecule is COc1ncc2cc1NS(=O)(=O)c1cccc(c1)C(=O)CCc1ccc(s1)-c1ccnc3c1C=C2C3. The van der Waals surface area contributed by atoms with Gasteiger partial charge in [-0.1, -0.05) is 12.1 Å². The highest BCUT2D eigenvalue weighted by atomic mass is 32.2. The van der Waals surface area contributed by atoms with E-state index < -0.39 is 10.0 Å². The third-order valence-electron chi connectivity index (χ3n) is 6.40. The number of Topliss-reactive ketones (excluding diaryl/α,β-unsaturated/α-hetero) is 1. The number of anilines is 1. The second kappa shape index (κ2) is 8.69. The average Bonchev–Trinajstić information content (AvgIpc) is 3.54. The van der Waals surface area contributed by atoms with Gasteiger partial charge in [0.2, 0.25) is 5.88 Å². The maximum Gasteiger partial charge on any atom is 0.262 e. The van der Waals surface area contributed by atoms with Crippen LogP contribution in [-0.4, -0.2) is 31.3 Å². The number of rotatable bonds is 1. The molecule has 0 saturated carbocycles. The van der Waals surface area contributed by atoms with Crippen molar-refractivity contribution in [2.45, 2.75) is 24.2 Å². The Labute approximate surface area is 212 Å². The number of carbonyl (C=O) groups is 1. The maximum atomic E-state index is 13.3. The predicted octanol–water partition coefficient (Wildman–Crippen LogP) is 5.24. The molecule has 0 atom stereocenters. The molecule has 0 unspecified atom stereocenters. The number of thiophene rings is 1. The normalized spacial score (nSPS) is 15.9. The van der Waals surface area contributed by atoms with Crippen molar-refractivity contribution in [2.24, 2.45) is 0 Å². The van der Waals surface area contributed by atoms with Gasteiger partial charge in [0.1, 0.15) is 5.69 Å². The van der Waals surface area contributed by atoms with Crippen molar-refractivity contribution in [1.29, 1.82) is 0 Å². The molecule has 1 aliphatic carbocycles. The lowest BCUT2D eigenvalue weighted by molar-refractivity contribution is 0.0983. The molecule has 0 saturated heterocycles. The third kappa shape index (κ3) is 4.00. The minimum atomic E-state index is -4.00. The van der Waals surface area contributed by atoms with E-state index in [-0.39, 0.29) is 28.7 Å². The smallest absolute Gasteiger partial charge is 0.262 e. The van der Waals surface area contributed by atoms with E-state index in [9.17, 15) is 13.2 Å². The summed E-state index contributed by atoms with van der Waals surface area (Å²) in [5.74, 6) is 0.0479. The average molecular weight is 516 g/mol. The van der Waals surface area contributed by atoms with Gasteiger partial charge in [-0.15, -0.1) is 11.3 Å². The zero-order valence-corrected chi connectivity index (χ0v) is 20.9. The number of ketones is 1. The first kappa shape index (κ1) is 22.6. The highest BCUT2D eigenvalue weighted by Gasteiger charge is 2.24. The number of aromatic nitrogens is 2. The standard InChI is InChI=1S/C27H21N3O4S2/c1-34-27-24-14-18(15-29-27)17-12-22-21(9-10-28-23(22)13-17)26-8-6-19(35-26)5-7-25(31)16-3-2-4-20(11-16)36(32,33)30-24/h2-4,6,8-12,14-15,30H,5,7,13H2,1H3. The van der Waals surface area contributed by atoms with Gasteiger partial charge in [-0.2, -0.15) is 0 Å². The number of nitrogens with one attached hydrogen (secondary N) is 1. The van der Waals surface area contributed by atoms with Crippen molar-refractivity contribution in [3.63, 3.8) is 0 Å². The molecule has 1 aromatic carbocycles. The lowest BCUT2D eigenvalue weighted by atomic mass is 10.1. The van der Waals surface area contributed by atoms with Gasteiger partial charge in [0.05, 0.1) is 17.7 Å². The minimum Gasteiger partial charge on any atom is -0.480 e. The van der Waals surface area contributed by atoms with Crippen molar-refractivity contribution < 1.29 is 17.9 Å². The molecular formula is C27H21N3O4S2. The number of aryl methyl sites for hydroxylation is 1. The Bertz CT molecular complexity index is 1670. The van der Waals surface area contributed by atoms with E-state index in [0.717, 1.165) is 37.7 Å². The number of methoxy groups -OCH3 is 1. The van der Waals surface area contributed by atoms with Crippen molar-refractivity contribution >= 4 is 44.5 Å². The summed E-state index contributed by atoms with van der Waals surface area (Å²) in [6.07, 6.45) is 7.06. The molecular weight excluding hydrogens is 494 g/mol. The van der Waals surface area contributed by atoms with Crippen molar-refractivity contribution in [1.82, 2.24) is 9.97 Å². The summed E-state index contributed by atoms with van der Waals surface area (Å²) < 4.78 is 34.5. The number of carbonyl (C=O) groups excluding carboxylic acids is 1. The number of allylic oxidation sites excluding steroid dienone is 1. The number of pyridine rings is 2. The number of ether oxygens (including phenoxy) is 1. The number of nitrogens with zero attached hydrogens (tertiary/aromatic N) is 2. The molecule has 9 heteroatoms. The molecule has 0 amide bonds. The minimum absolute atomic E-state index is 0.00154. The van der Waals surface area contributed by atoms with E-state index in [1.54, 1.807) is 35.7 Å². The van der Waals surface area contributed by atoms with Gasteiger partial charge in [0.25, 0.3) is 10.0 Å². The van der Waals surface area contributed by atoms with E-state index in [2.05, 4.69) is 32.9 Å². The fourth-order valence-corrected chi connectivity index (χ4v) is 6.71. The number of hydrogen-bond acceptors (Lipinski definition) is 7. The summed E-state index contributed by atoms with van der Waals surface area (Å²) in [5.41, 5.74) is 5.44. The number of fused-ring (bicyclic) bond motifs is 8. The Morgan fingerprint density at radius 2 is 1.92 bits per heavy atom. The Morgan fingerprint density at radius 3 is 2.78 bits per heavy atom. The summed E-state index contributed by atoms with van der Waals surface area (Å²) in [7, 11) is -2.56. The summed E-state index contributed by atoms with van der Waals surface area (Å²) in [6.45, 7) is 0. The first-order chi connectivity index (χ1) is 17.4. The molecule has 4 aromatic rings. The summed E-state index contributed by atoms with van der Waals surface area (Å²) >= 11 is 1.66. The van der Waals surface area contributed by atoms with Crippen LogP contribution in [0.2, 0.25) is 0 Å². The molecule has 7 nitrogen and oxygen atoms in total. The highest BCUT2D eigenvalue weighted by Crippen LogP contribution is 2.40. The van der Waals surface area contributed by atoms with Crippen LogP contribution in [0.4, 0.5) is 5.69 Å². The zero-order valence-electron chi connectivity index (χ0n) is 19.3. The molecule has 1 N–H and O–H groups in total. The first-order valence-electron chi connectivity index (χ1n) is 11.4. The molecule has 1 aliphatic heterocycles. The number of benzene rings is 1. The molecule has 3 aromatic heterocycles. The number of hydrogen-bond donors (Lipinski definition) is 1. The van der Waals surface area contributed by atoms with Crippen LogP contribution in [0.5, 0.6) is 5.88 Å². The van der Waals surface area contributed by atoms with Crippen LogP contribution < -0.4 is 9.46 Å². The monoisotopic (exact) mass is 515 g/mol. The van der Waals surface area contributed by atoms with Gasteiger partial charge in [0, 0.05) is 51.7 Å². The Hall–Kier alpha value is -3.82. The summed E-state index contributed by atoms with van der Waals surface area (Å²) in [6, 6.07) is 14.0. The fraction of sp³-hybridized carbons (Fsp3) is 0.148. The van der Waals surface area contributed by atoms with Crippen LogP contribution in [0.1, 0.15) is 38.5 Å². The third-order valence-corrected chi connectivity index (χ3v) is 8.94. The fourth-order valence-electron chi connectivity index (χ4n) is 4.57. The molecule has 0 fully saturated rings. The van der Waals surface area contributed by atoms with Gasteiger partial charge in [-0.3, -0.25) is 14.5 Å². The van der Waals surface area contributed by atoms with Crippen LogP contribution in [0, 0.1) is 0 Å². The largest absolute Gasteiger partial charge is 0.480 e. The Morgan fingerprint density at radius 1 is 1.03 bits per heavy atom. The summed E-state index contributed by atoms with van der Waals surface area (Å²) in [5, 5.41) is 0. The predicted molar refractivity (Wildman–Crippen MR) is 140 cm³/mol. The van der Waals surface area contributed by atoms with Gasteiger partial charge in [0.15, 0.2) is 5.78 Å². The van der Waals surface area contributed by atoms with Gasteiger partial charge < -0.3 is 4.74 Å². The molecule has 4 heterocycles. The van der Waals surface area contributed by atoms with E-state index in [0.29, 0.717) is 18.4 Å².